The molecule has 5 fully saturated rings. The fourth-order valence-electron chi connectivity index (χ4n) is 5.55. The summed E-state index contributed by atoms with van der Waals surface area (Å²) in [6.45, 7) is 11.8. The van der Waals surface area contributed by atoms with Gasteiger partial charge in [0.25, 0.3) is 0 Å². The molecule has 5 aliphatic rings. The number of carbonyl (C=O) groups excluding carboxylic acids is 4. The number of esters is 1. The van der Waals surface area contributed by atoms with Crippen molar-refractivity contribution in [2.24, 2.45) is 22.7 Å². The van der Waals surface area contributed by atoms with Crippen LogP contribution in [-0.4, -0.2) is 167 Å². The van der Waals surface area contributed by atoms with Gasteiger partial charge in [-0.3, -0.25) is 19.2 Å². The number of hydrogen-bond donors (Lipinski definition) is 0. The summed E-state index contributed by atoms with van der Waals surface area (Å²) < 4.78 is 30.5. The molecule has 0 bridgehead atoms. The minimum Gasteiger partial charge on any atom is -0.469 e. The van der Waals surface area contributed by atoms with E-state index in [4.69, 9.17) is 23.7 Å². The van der Waals surface area contributed by atoms with Gasteiger partial charge < -0.3 is 28.4 Å². The summed E-state index contributed by atoms with van der Waals surface area (Å²) in [4.78, 5) is 45.1. The molecule has 372 valence electrons. The van der Waals surface area contributed by atoms with Crippen molar-refractivity contribution in [3.05, 3.63) is 0 Å². The molecular weight excluding hydrogens is 1020 g/mol. The molecule has 0 spiro atoms. The van der Waals surface area contributed by atoms with Crippen LogP contribution in [0.5, 0.6) is 0 Å². The molecular formula is C42H78O10S11. The summed E-state index contributed by atoms with van der Waals surface area (Å²) in [6, 6.07) is 0. The van der Waals surface area contributed by atoms with Crippen molar-refractivity contribution in [2.45, 2.75) is 91.5 Å². The fraction of sp³-hybridized carbons (Fsp3) is 0.905. The zero-order chi connectivity index (χ0) is 47.4. The SMILES string of the molecule is CCC(=O)C1(C(=O)CC)CSSC1.CCC(=O)CCCSCC(C)CC.COC(=O)C1CSSC1.COC1CSSC1.COC1CSSCC1OC.COCC1(COC)CSSC1. The maximum absolute atomic E-state index is 11.7. The van der Waals surface area contributed by atoms with E-state index in [-0.39, 0.29) is 41.1 Å². The standard InChI is InChI=1S/C11H22OS.C9H14O2S2.C7H14O2S2.C6H12O2S2.C5H8O2S2.C4H8OS2/c1-4-10(3)9-13-8-6-7-11(12)5-2;1-3-7(10)9(8(11)4-2)5-12-13-6-9;1-8-3-7(4-9-2)5-10-11-6-7;1-7-5-3-9-10-4-6(5)8-2;1-7-5(6)4-2-8-9-3-4;1-5-4-2-6-7-3-4/h10H,4-9H2,1-3H3;3-6H2,1-2H3;3-6H2,1-2H3;5-6H,3-4H2,1-2H3;4H,2-3H2,1H3;4H,2-3H2,1H3. The molecule has 0 radical (unpaired) electrons. The number of thioether (sulfide) groups is 1. The van der Waals surface area contributed by atoms with Crippen LogP contribution < -0.4 is 0 Å². The van der Waals surface area contributed by atoms with Gasteiger partial charge in [-0.1, -0.05) is 149 Å². The number of rotatable bonds is 20. The third-order valence-corrected chi connectivity index (χ3v) is 24.3. The van der Waals surface area contributed by atoms with Gasteiger partial charge in [0, 0.05) is 124 Å². The van der Waals surface area contributed by atoms with Gasteiger partial charge >= 0.3 is 5.97 Å². The summed E-state index contributed by atoms with van der Waals surface area (Å²) in [6.07, 6.45) is 5.87. The first-order chi connectivity index (χ1) is 30.4. The molecule has 10 nitrogen and oxygen atoms in total. The van der Waals surface area contributed by atoms with Crippen LogP contribution in [0.15, 0.2) is 0 Å². The van der Waals surface area contributed by atoms with Gasteiger partial charge in [-0.15, -0.1) is 0 Å². The molecule has 0 aromatic rings. The lowest BCUT2D eigenvalue weighted by Gasteiger charge is -2.27. The Morgan fingerprint density at radius 2 is 1.06 bits per heavy atom. The minimum atomic E-state index is -0.640. The quantitative estimate of drug-likeness (QED) is 0.0496. The number of ether oxygens (including phenoxy) is 6. The first-order valence-electron chi connectivity index (χ1n) is 21.4. The van der Waals surface area contributed by atoms with Crippen LogP contribution in [-0.2, 0) is 47.6 Å². The fourth-order valence-corrected chi connectivity index (χ4v) is 21.2. The average molecular weight is 1100 g/mol. The van der Waals surface area contributed by atoms with E-state index in [1.54, 1.807) is 78.7 Å². The monoisotopic (exact) mass is 1090 g/mol. The molecule has 5 saturated heterocycles. The Kier molecular flexibility index (Phi) is 43.3. The van der Waals surface area contributed by atoms with E-state index in [1.807, 2.05) is 97.3 Å². The highest BCUT2D eigenvalue weighted by atomic mass is 33.1. The Balaban J connectivity index is 0.000000739. The first kappa shape index (κ1) is 65.1. The van der Waals surface area contributed by atoms with Gasteiger partial charge in [0.15, 0.2) is 0 Å². The molecule has 63 heavy (non-hydrogen) atoms. The highest BCUT2D eigenvalue weighted by molar-refractivity contribution is 8.78. The third kappa shape index (κ3) is 28.5. The van der Waals surface area contributed by atoms with Crippen LogP contribution in [0.2, 0.25) is 0 Å². The predicted molar refractivity (Wildman–Crippen MR) is 293 cm³/mol. The normalized spacial score (nSPS) is 21.6. The minimum absolute atomic E-state index is 0.0625. The topological polar surface area (TPSA) is 124 Å². The molecule has 5 rings (SSSR count). The number of Topliss-reactive ketones (excluding diaryl/α,β-unsaturated/α-hetero) is 3. The summed E-state index contributed by atoms with van der Waals surface area (Å²) >= 11 is 1.99. The molecule has 0 N–H and O–H groups in total. The van der Waals surface area contributed by atoms with E-state index in [2.05, 4.69) is 18.6 Å². The maximum Gasteiger partial charge on any atom is 0.310 e. The van der Waals surface area contributed by atoms with Crippen LogP contribution in [0.1, 0.15) is 73.1 Å². The molecule has 0 saturated carbocycles. The molecule has 0 aromatic carbocycles. The number of hydrogen-bond acceptors (Lipinski definition) is 21. The second kappa shape index (κ2) is 41.9. The second-order valence-corrected chi connectivity index (χ2v) is 28.7. The molecule has 0 aliphatic carbocycles. The smallest absolute Gasteiger partial charge is 0.310 e. The Morgan fingerprint density at radius 1 is 0.603 bits per heavy atom. The molecule has 21 heteroatoms. The Labute approximate surface area is 425 Å². The maximum atomic E-state index is 11.7. The summed E-state index contributed by atoms with van der Waals surface area (Å²) in [5.41, 5.74) is -0.363. The van der Waals surface area contributed by atoms with Crippen LogP contribution >= 0.6 is 120 Å². The van der Waals surface area contributed by atoms with Gasteiger partial charge in [0.05, 0.1) is 44.6 Å². The summed E-state index contributed by atoms with van der Waals surface area (Å²) in [5.74, 6) is 13.9. The Hall–Kier alpha value is 2.13. The largest absolute Gasteiger partial charge is 0.469 e. The van der Waals surface area contributed by atoms with E-state index in [1.165, 1.54) is 30.8 Å². The lowest BCUT2D eigenvalue weighted by molar-refractivity contribution is -0.143. The van der Waals surface area contributed by atoms with Gasteiger partial charge in [-0.05, 0) is 23.8 Å². The van der Waals surface area contributed by atoms with Gasteiger partial charge in [0.2, 0.25) is 0 Å². The third-order valence-electron chi connectivity index (χ3n) is 10.0. The van der Waals surface area contributed by atoms with E-state index in [9.17, 15) is 19.2 Å². The van der Waals surface area contributed by atoms with Crippen molar-refractivity contribution in [1.82, 2.24) is 0 Å². The van der Waals surface area contributed by atoms with E-state index in [0.717, 1.165) is 72.2 Å². The van der Waals surface area contributed by atoms with Gasteiger partial charge in [-0.2, -0.15) is 11.8 Å². The number of ketones is 3. The number of carbonyl (C=O) groups is 4. The highest BCUT2D eigenvalue weighted by Crippen LogP contribution is 2.46. The zero-order valence-electron chi connectivity index (χ0n) is 39.6. The van der Waals surface area contributed by atoms with Crippen LogP contribution in [0.25, 0.3) is 0 Å². The average Bonchev–Trinajstić information content (AvgIpc) is 4.19. The van der Waals surface area contributed by atoms with Gasteiger partial charge in [0.1, 0.15) is 22.8 Å². The van der Waals surface area contributed by atoms with Crippen molar-refractivity contribution in [3.8, 4) is 0 Å². The van der Waals surface area contributed by atoms with Crippen molar-refractivity contribution < 1.29 is 47.6 Å². The lowest BCUT2D eigenvalue weighted by Crippen LogP contribution is -2.41. The van der Waals surface area contributed by atoms with Crippen molar-refractivity contribution in [1.29, 1.82) is 0 Å². The zero-order valence-corrected chi connectivity index (χ0v) is 48.6. The molecule has 3 atom stereocenters. The van der Waals surface area contributed by atoms with Gasteiger partial charge in [-0.25, -0.2) is 0 Å². The second-order valence-electron chi connectivity index (χ2n) is 15.0. The lowest BCUT2D eigenvalue weighted by atomic mass is 9.80. The van der Waals surface area contributed by atoms with Crippen molar-refractivity contribution in [3.63, 3.8) is 0 Å². The van der Waals surface area contributed by atoms with Crippen molar-refractivity contribution >= 4 is 143 Å². The number of methoxy groups -OCH3 is 6. The summed E-state index contributed by atoms with van der Waals surface area (Å²) in [7, 11) is 28.3. The van der Waals surface area contributed by atoms with Crippen LogP contribution in [0.3, 0.4) is 0 Å². The molecule has 5 aliphatic heterocycles. The first-order valence-corrected chi connectivity index (χ1v) is 35.0. The Morgan fingerprint density at radius 3 is 1.44 bits per heavy atom. The summed E-state index contributed by atoms with van der Waals surface area (Å²) in [5, 5.41) is 0. The predicted octanol–water partition coefficient (Wildman–Crippen LogP) is 11.5. The van der Waals surface area contributed by atoms with E-state index in [0.29, 0.717) is 42.7 Å². The molecule has 0 aromatic heterocycles. The van der Waals surface area contributed by atoms with Crippen LogP contribution in [0.4, 0.5) is 0 Å². The Bertz CT molecular complexity index is 1130. The van der Waals surface area contributed by atoms with Crippen molar-refractivity contribution in [2.75, 3.05) is 125 Å². The van der Waals surface area contributed by atoms with E-state index < -0.39 is 5.41 Å². The highest BCUT2D eigenvalue weighted by Gasteiger charge is 2.46. The molecule has 3 unspecified atom stereocenters. The molecule has 0 amide bonds. The van der Waals surface area contributed by atoms with Crippen LogP contribution in [0, 0.1) is 22.7 Å². The van der Waals surface area contributed by atoms with E-state index >= 15 is 0 Å². The molecule has 5 heterocycles.